The van der Waals surface area contributed by atoms with Crippen LogP contribution in [0.25, 0.3) is 22.5 Å². The summed E-state index contributed by atoms with van der Waals surface area (Å²) < 4.78 is 4.58. The Kier molecular flexibility index (Phi) is 4.81. The Morgan fingerprint density at radius 3 is 2.54 bits per heavy atom. The Hall–Kier alpha value is -3.22. The van der Waals surface area contributed by atoms with E-state index < -0.39 is 0 Å². The molecule has 0 aliphatic carbocycles. The molecule has 0 amide bonds. The topological polar surface area (TPSA) is 77.2 Å². The van der Waals surface area contributed by atoms with Gasteiger partial charge in [-0.25, -0.2) is 4.98 Å². The molecule has 0 atom stereocenters. The first kappa shape index (κ1) is 18.2. The van der Waals surface area contributed by atoms with Gasteiger partial charge in [-0.2, -0.15) is 5.21 Å². The van der Waals surface area contributed by atoms with Gasteiger partial charge in [0.05, 0.1) is 17.7 Å². The second kappa shape index (κ2) is 7.42. The smallest absolute Gasteiger partial charge is 0.176 e. The Morgan fingerprint density at radius 2 is 1.89 bits per heavy atom. The number of hydrogen-bond donors (Lipinski definition) is 1. The van der Waals surface area contributed by atoms with E-state index in [1.807, 2.05) is 12.4 Å². The van der Waals surface area contributed by atoms with Gasteiger partial charge < -0.3 is 9.13 Å². The largest absolute Gasteiger partial charge is 0.346 e. The summed E-state index contributed by atoms with van der Waals surface area (Å²) in [5, 5.41) is 14.3. The van der Waals surface area contributed by atoms with Crippen LogP contribution in [0.1, 0.15) is 37.1 Å². The van der Waals surface area contributed by atoms with E-state index >= 15 is 0 Å². The Bertz CT molecular complexity index is 1060. The van der Waals surface area contributed by atoms with Crippen molar-refractivity contribution < 1.29 is 0 Å². The predicted molar refractivity (Wildman–Crippen MR) is 109 cm³/mol. The molecule has 28 heavy (non-hydrogen) atoms. The van der Waals surface area contributed by atoms with Crippen LogP contribution in [-0.2, 0) is 13.0 Å². The fraction of sp³-hybridized carbons (Fsp3) is 0.333. The van der Waals surface area contributed by atoms with Crippen molar-refractivity contribution in [1.29, 1.82) is 0 Å². The molecule has 0 aliphatic rings. The maximum absolute atomic E-state index is 4.78. The SMILES string of the molecule is Cc1cc(-c2c(-c3ccccc3)ncn2CCc2nn[nH]n2)c(C)n1C(C)C. The normalized spacial score (nSPS) is 11.5. The number of rotatable bonds is 6. The van der Waals surface area contributed by atoms with Crippen molar-refractivity contribution in [2.75, 3.05) is 0 Å². The summed E-state index contributed by atoms with van der Waals surface area (Å²) in [6, 6.07) is 13.0. The van der Waals surface area contributed by atoms with Gasteiger partial charge in [0.15, 0.2) is 5.82 Å². The summed E-state index contributed by atoms with van der Waals surface area (Å²) in [6.07, 6.45) is 2.61. The number of aromatic amines is 1. The maximum Gasteiger partial charge on any atom is 0.176 e. The number of H-pyrrole nitrogens is 1. The van der Waals surface area contributed by atoms with Gasteiger partial charge in [0.2, 0.25) is 0 Å². The van der Waals surface area contributed by atoms with Crippen molar-refractivity contribution in [1.82, 2.24) is 34.7 Å². The summed E-state index contributed by atoms with van der Waals surface area (Å²) in [4.78, 5) is 4.78. The number of nitrogens with one attached hydrogen (secondary N) is 1. The van der Waals surface area contributed by atoms with Crippen LogP contribution in [0.5, 0.6) is 0 Å². The number of aromatic nitrogens is 7. The molecule has 1 N–H and O–H groups in total. The minimum Gasteiger partial charge on any atom is -0.346 e. The van der Waals surface area contributed by atoms with Crippen molar-refractivity contribution in [3.05, 3.63) is 59.9 Å². The molecule has 0 radical (unpaired) electrons. The van der Waals surface area contributed by atoms with Crippen LogP contribution in [0.3, 0.4) is 0 Å². The van der Waals surface area contributed by atoms with Gasteiger partial charge in [0.1, 0.15) is 0 Å². The summed E-state index contributed by atoms with van der Waals surface area (Å²) in [7, 11) is 0. The zero-order valence-electron chi connectivity index (χ0n) is 16.7. The van der Waals surface area contributed by atoms with Gasteiger partial charge in [0.25, 0.3) is 0 Å². The third kappa shape index (κ3) is 3.24. The van der Waals surface area contributed by atoms with Crippen molar-refractivity contribution in [3.8, 4) is 22.5 Å². The number of benzene rings is 1. The molecule has 0 saturated heterocycles. The van der Waals surface area contributed by atoms with Crippen molar-refractivity contribution >= 4 is 0 Å². The van der Waals surface area contributed by atoms with Crippen LogP contribution in [0.4, 0.5) is 0 Å². The highest BCUT2D eigenvalue weighted by atomic mass is 15.5. The predicted octanol–water partition coefficient (Wildman–Crippen LogP) is 3.97. The van der Waals surface area contributed by atoms with Gasteiger partial charge in [0, 0.05) is 41.5 Å². The molecule has 0 unspecified atom stereocenters. The number of aryl methyl sites for hydroxylation is 3. The molecule has 3 heterocycles. The Balaban J connectivity index is 1.83. The lowest BCUT2D eigenvalue weighted by Crippen LogP contribution is -2.06. The maximum atomic E-state index is 4.78. The summed E-state index contributed by atoms with van der Waals surface area (Å²) >= 11 is 0. The highest BCUT2D eigenvalue weighted by Crippen LogP contribution is 2.36. The van der Waals surface area contributed by atoms with E-state index in [0.717, 1.165) is 23.5 Å². The lowest BCUT2D eigenvalue weighted by Gasteiger charge is -2.15. The van der Waals surface area contributed by atoms with Crippen molar-refractivity contribution in [2.45, 2.75) is 46.7 Å². The number of tetrazole rings is 1. The molecule has 3 aromatic heterocycles. The number of imidazole rings is 1. The van der Waals surface area contributed by atoms with Crippen LogP contribution in [0.15, 0.2) is 42.7 Å². The molecule has 4 rings (SSSR count). The molecule has 0 aliphatic heterocycles. The summed E-state index contributed by atoms with van der Waals surface area (Å²) in [6.45, 7) is 9.53. The second-order valence-corrected chi connectivity index (χ2v) is 7.33. The van der Waals surface area contributed by atoms with Crippen LogP contribution < -0.4 is 0 Å². The lowest BCUT2D eigenvalue weighted by atomic mass is 10.0. The van der Waals surface area contributed by atoms with Gasteiger partial charge in [-0.3, -0.25) is 0 Å². The second-order valence-electron chi connectivity index (χ2n) is 7.33. The molecule has 7 heteroatoms. The Morgan fingerprint density at radius 1 is 1.11 bits per heavy atom. The van der Waals surface area contributed by atoms with Gasteiger partial charge in [-0.05, 0) is 33.8 Å². The first-order valence-corrected chi connectivity index (χ1v) is 9.58. The number of nitrogens with zero attached hydrogens (tertiary/aromatic N) is 6. The molecule has 0 saturated carbocycles. The molecule has 0 bridgehead atoms. The first-order chi connectivity index (χ1) is 13.6. The average molecular weight is 375 g/mol. The standard InChI is InChI=1S/C21H25N7/c1-14(2)28-15(3)12-18(16(28)4)21-20(17-8-6-5-7-9-17)22-13-27(21)11-10-19-23-25-26-24-19/h5-9,12-14H,10-11H2,1-4H3,(H,23,24,25,26). The third-order valence-electron chi connectivity index (χ3n) is 5.11. The first-order valence-electron chi connectivity index (χ1n) is 9.58. The fourth-order valence-corrected chi connectivity index (χ4v) is 3.96. The highest BCUT2D eigenvalue weighted by molar-refractivity contribution is 5.80. The minimum atomic E-state index is 0.407. The molecule has 144 valence electrons. The van der Waals surface area contributed by atoms with Crippen molar-refractivity contribution in [3.63, 3.8) is 0 Å². The quantitative estimate of drug-likeness (QED) is 0.553. The zero-order valence-corrected chi connectivity index (χ0v) is 16.7. The van der Waals surface area contributed by atoms with E-state index in [-0.39, 0.29) is 0 Å². The van der Waals surface area contributed by atoms with Crippen molar-refractivity contribution in [2.24, 2.45) is 0 Å². The molecular formula is C21H25N7. The van der Waals surface area contributed by atoms with Crippen LogP contribution in [0, 0.1) is 13.8 Å². The van der Waals surface area contributed by atoms with E-state index in [2.05, 4.69) is 87.8 Å². The molecular weight excluding hydrogens is 350 g/mol. The van der Waals surface area contributed by atoms with E-state index in [0.29, 0.717) is 18.3 Å². The lowest BCUT2D eigenvalue weighted by molar-refractivity contribution is 0.575. The van der Waals surface area contributed by atoms with Gasteiger partial charge >= 0.3 is 0 Å². The van der Waals surface area contributed by atoms with Gasteiger partial charge in [-0.15, -0.1) is 10.2 Å². The molecule has 0 fully saturated rings. The van der Waals surface area contributed by atoms with E-state index in [1.165, 1.54) is 17.0 Å². The van der Waals surface area contributed by atoms with Crippen LogP contribution in [-0.4, -0.2) is 34.7 Å². The van der Waals surface area contributed by atoms with E-state index in [4.69, 9.17) is 4.98 Å². The van der Waals surface area contributed by atoms with E-state index in [9.17, 15) is 0 Å². The van der Waals surface area contributed by atoms with Crippen LogP contribution in [0.2, 0.25) is 0 Å². The highest BCUT2D eigenvalue weighted by Gasteiger charge is 2.21. The van der Waals surface area contributed by atoms with Gasteiger partial charge in [-0.1, -0.05) is 35.5 Å². The molecule has 0 spiro atoms. The zero-order chi connectivity index (χ0) is 19.7. The minimum absolute atomic E-state index is 0.407. The number of hydrogen-bond acceptors (Lipinski definition) is 4. The molecule has 1 aromatic carbocycles. The summed E-state index contributed by atoms with van der Waals surface area (Å²) in [5.74, 6) is 0.702. The average Bonchev–Trinajstić information content (AvgIpc) is 3.39. The summed E-state index contributed by atoms with van der Waals surface area (Å²) in [5.41, 5.74) is 6.98. The monoisotopic (exact) mass is 375 g/mol. The third-order valence-corrected chi connectivity index (χ3v) is 5.11. The van der Waals surface area contributed by atoms with Crippen LogP contribution >= 0.6 is 0 Å². The van der Waals surface area contributed by atoms with E-state index in [1.54, 1.807) is 0 Å². The Labute approximate surface area is 164 Å². The molecule has 7 nitrogen and oxygen atoms in total. The fourth-order valence-electron chi connectivity index (χ4n) is 3.96. The molecule has 4 aromatic rings.